The molecule has 9 heteroatoms. The number of carbonyl (C=O) groups excluding carboxylic acids is 2. The van der Waals surface area contributed by atoms with E-state index in [9.17, 15) is 14.7 Å². The van der Waals surface area contributed by atoms with Crippen LogP contribution in [-0.4, -0.2) is 34.0 Å². The lowest BCUT2D eigenvalue weighted by atomic mass is 10.0. The van der Waals surface area contributed by atoms with Crippen molar-refractivity contribution in [3.8, 4) is 0 Å². The van der Waals surface area contributed by atoms with Gasteiger partial charge in [-0.15, -0.1) is 11.8 Å². The van der Waals surface area contributed by atoms with E-state index >= 15 is 0 Å². The third kappa shape index (κ3) is 9.98. The lowest BCUT2D eigenvalue weighted by Gasteiger charge is -2.36. The van der Waals surface area contributed by atoms with Crippen molar-refractivity contribution < 1.29 is 29.4 Å². The molecule has 3 atom stereocenters. The standard InChI is InChI=1S/C32H38N2O6S/c35-21-23-15-17-24(18-16-23)29-20-27(22-41-28-11-4-3-5-12-28)39-32(40-29)25-9-8-10-26(19-25)33-30(36)13-6-1-2-7-14-31(37)34-38/h3-5,8-12,15-19,27,29,32,35,38H,1-2,6-7,13-14,20-22H2,(H,33,36)(H,34,37). The SMILES string of the molecule is O=C(CCCCCCC(=O)Nc1cccc(C2OC(CSc3ccccc3)CC(c3ccc(CO)cc3)O2)c1)NO. The number of anilines is 1. The zero-order chi connectivity index (χ0) is 28.9. The van der Waals surface area contributed by atoms with Crippen LogP contribution in [0, 0.1) is 0 Å². The monoisotopic (exact) mass is 578 g/mol. The molecular formula is C32H38N2O6S. The number of hydroxylamine groups is 1. The number of nitrogens with one attached hydrogen (secondary N) is 2. The average molecular weight is 579 g/mol. The van der Waals surface area contributed by atoms with Crippen molar-refractivity contribution in [1.29, 1.82) is 0 Å². The minimum Gasteiger partial charge on any atom is -0.392 e. The van der Waals surface area contributed by atoms with Gasteiger partial charge in [0.05, 0.1) is 18.8 Å². The van der Waals surface area contributed by atoms with Gasteiger partial charge in [-0.2, -0.15) is 0 Å². The van der Waals surface area contributed by atoms with Crippen LogP contribution in [0.25, 0.3) is 0 Å². The van der Waals surface area contributed by atoms with Gasteiger partial charge in [0.15, 0.2) is 6.29 Å². The van der Waals surface area contributed by atoms with Gasteiger partial charge in [0.1, 0.15) is 0 Å². The molecule has 2 amide bonds. The molecule has 8 nitrogen and oxygen atoms in total. The van der Waals surface area contributed by atoms with Gasteiger partial charge in [0.25, 0.3) is 0 Å². The third-order valence-electron chi connectivity index (χ3n) is 6.92. The smallest absolute Gasteiger partial charge is 0.243 e. The van der Waals surface area contributed by atoms with Crippen LogP contribution in [-0.2, 0) is 25.7 Å². The second kappa shape index (κ2) is 16.3. The number of benzene rings is 3. The van der Waals surface area contributed by atoms with Crippen molar-refractivity contribution in [3.05, 3.63) is 95.6 Å². The van der Waals surface area contributed by atoms with Crippen LogP contribution < -0.4 is 10.8 Å². The maximum Gasteiger partial charge on any atom is 0.243 e. The second-order valence-electron chi connectivity index (χ2n) is 10.1. The van der Waals surface area contributed by atoms with E-state index in [-0.39, 0.29) is 37.0 Å². The van der Waals surface area contributed by atoms with Gasteiger partial charge in [-0.3, -0.25) is 14.8 Å². The molecule has 3 aromatic rings. The van der Waals surface area contributed by atoms with E-state index in [4.69, 9.17) is 14.7 Å². The number of unbranched alkanes of at least 4 members (excludes halogenated alkanes) is 3. The number of aliphatic hydroxyl groups is 1. The molecule has 0 spiro atoms. The topological polar surface area (TPSA) is 117 Å². The van der Waals surface area contributed by atoms with Crippen molar-refractivity contribution in [2.24, 2.45) is 0 Å². The van der Waals surface area contributed by atoms with Crippen LogP contribution in [0.15, 0.2) is 83.8 Å². The van der Waals surface area contributed by atoms with Gasteiger partial charge in [-0.05, 0) is 48.2 Å². The second-order valence-corrected chi connectivity index (χ2v) is 11.2. The zero-order valence-electron chi connectivity index (χ0n) is 23.0. The van der Waals surface area contributed by atoms with E-state index in [1.807, 2.05) is 66.7 Å². The summed E-state index contributed by atoms with van der Waals surface area (Å²) >= 11 is 1.75. The Balaban J connectivity index is 1.37. The van der Waals surface area contributed by atoms with E-state index < -0.39 is 6.29 Å². The maximum atomic E-state index is 12.6. The van der Waals surface area contributed by atoms with Crippen LogP contribution in [0.1, 0.15) is 74.0 Å². The number of carbonyl (C=O) groups is 2. The minimum atomic E-state index is -0.597. The van der Waals surface area contributed by atoms with Crippen molar-refractivity contribution in [2.45, 2.75) is 74.9 Å². The Morgan fingerprint density at radius 2 is 1.56 bits per heavy atom. The number of amides is 2. The summed E-state index contributed by atoms with van der Waals surface area (Å²) in [7, 11) is 0. The van der Waals surface area contributed by atoms with E-state index in [1.54, 1.807) is 17.2 Å². The largest absolute Gasteiger partial charge is 0.392 e. The molecule has 1 fully saturated rings. The Morgan fingerprint density at radius 1 is 0.829 bits per heavy atom. The number of ether oxygens (including phenoxy) is 2. The summed E-state index contributed by atoms with van der Waals surface area (Å²) in [5, 5.41) is 21.0. The first-order valence-electron chi connectivity index (χ1n) is 14.0. The van der Waals surface area contributed by atoms with Gasteiger partial charge >= 0.3 is 0 Å². The predicted molar refractivity (Wildman–Crippen MR) is 158 cm³/mol. The molecule has 0 aromatic heterocycles. The Labute approximate surface area is 245 Å². The molecule has 4 rings (SSSR count). The first-order valence-corrected chi connectivity index (χ1v) is 15.0. The van der Waals surface area contributed by atoms with Crippen LogP contribution >= 0.6 is 11.8 Å². The van der Waals surface area contributed by atoms with Gasteiger partial charge in [0.2, 0.25) is 11.8 Å². The molecule has 0 aliphatic carbocycles. The number of hydrogen-bond donors (Lipinski definition) is 4. The van der Waals surface area contributed by atoms with Crippen LogP contribution in [0.5, 0.6) is 0 Å². The molecule has 1 aliphatic rings. The van der Waals surface area contributed by atoms with Gasteiger partial charge in [-0.25, -0.2) is 5.48 Å². The highest BCUT2D eigenvalue weighted by Gasteiger charge is 2.32. The summed E-state index contributed by atoms with van der Waals surface area (Å²) in [6, 6.07) is 25.7. The number of hydrogen-bond acceptors (Lipinski definition) is 7. The first-order chi connectivity index (χ1) is 20.0. The fourth-order valence-corrected chi connectivity index (χ4v) is 5.64. The highest BCUT2D eigenvalue weighted by atomic mass is 32.2. The minimum absolute atomic E-state index is 0.00422. The molecule has 3 aromatic carbocycles. The third-order valence-corrected chi connectivity index (χ3v) is 8.06. The van der Waals surface area contributed by atoms with Crippen LogP contribution in [0.4, 0.5) is 5.69 Å². The van der Waals surface area contributed by atoms with Crippen molar-refractivity contribution >= 4 is 29.3 Å². The lowest BCUT2D eigenvalue weighted by Crippen LogP contribution is -2.31. The summed E-state index contributed by atoms with van der Waals surface area (Å²) in [6.07, 6.45) is 3.59. The van der Waals surface area contributed by atoms with E-state index in [0.717, 1.165) is 41.7 Å². The van der Waals surface area contributed by atoms with E-state index in [1.165, 1.54) is 4.90 Å². The van der Waals surface area contributed by atoms with Crippen molar-refractivity contribution in [2.75, 3.05) is 11.1 Å². The first kappa shape index (κ1) is 30.7. The van der Waals surface area contributed by atoms with Gasteiger partial charge in [0, 0.05) is 41.2 Å². The normalized spacial score (nSPS) is 18.5. The summed E-state index contributed by atoms with van der Waals surface area (Å²) in [6.45, 7) is -0.00422. The summed E-state index contributed by atoms with van der Waals surface area (Å²) in [5.41, 5.74) is 5.03. The summed E-state index contributed by atoms with van der Waals surface area (Å²) in [4.78, 5) is 24.8. The Hall–Kier alpha value is -3.21. The molecule has 1 aliphatic heterocycles. The lowest BCUT2D eigenvalue weighted by molar-refractivity contribution is -0.245. The number of aliphatic hydroxyl groups excluding tert-OH is 1. The van der Waals surface area contributed by atoms with Gasteiger partial charge in [-0.1, -0.05) is 67.4 Å². The number of rotatable bonds is 14. The van der Waals surface area contributed by atoms with E-state index in [2.05, 4.69) is 17.4 Å². The quantitative estimate of drug-likeness (QED) is 0.0767. The summed E-state index contributed by atoms with van der Waals surface area (Å²) < 4.78 is 12.9. The summed E-state index contributed by atoms with van der Waals surface area (Å²) in [5.74, 6) is 0.316. The molecule has 1 saturated heterocycles. The fourth-order valence-electron chi connectivity index (χ4n) is 4.70. The molecular weight excluding hydrogens is 540 g/mol. The highest BCUT2D eigenvalue weighted by Crippen LogP contribution is 2.40. The molecule has 1 heterocycles. The van der Waals surface area contributed by atoms with E-state index in [0.29, 0.717) is 24.9 Å². The molecule has 0 bridgehead atoms. The Morgan fingerprint density at radius 3 is 2.27 bits per heavy atom. The van der Waals surface area contributed by atoms with Crippen LogP contribution in [0.2, 0.25) is 0 Å². The fraction of sp³-hybridized carbons (Fsp3) is 0.375. The Bertz CT molecular complexity index is 1240. The molecule has 4 N–H and O–H groups in total. The van der Waals surface area contributed by atoms with Crippen LogP contribution in [0.3, 0.4) is 0 Å². The molecule has 0 radical (unpaired) electrons. The molecule has 41 heavy (non-hydrogen) atoms. The zero-order valence-corrected chi connectivity index (χ0v) is 23.9. The van der Waals surface area contributed by atoms with Crippen molar-refractivity contribution in [1.82, 2.24) is 5.48 Å². The molecule has 218 valence electrons. The molecule has 3 unspecified atom stereocenters. The van der Waals surface area contributed by atoms with Crippen molar-refractivity contribution in [3.63, 3.8) is 0 Å². The number of thioether (sulfide) groups is 1. The Kier molecular flexibility index (Phi) is 12.2. The predicted octanol–water partition coefficient (Wildman–Crippen LogP) is 6.30. The van der Waals surface area contributed by atoms with Gasteiger partial charge < -0.3 is 19.9 Å². The average Bonchev–Trinajstić information content (AvgIpc) is 3.02. The molecule has 0 saturated carbocycles. The highest BCUT2D eigenvalue weighted by molar-refractivity contribution is 7.99. The maximum absolute atomic E-state index is 12.6.